The largest absolute Gasteiger partial charge is 0.480 e. The normalized spacial score (nSPS) is 15.6. The van der Waals surface area contributed by atoms with Crippen LogP contribution in [0, 0.1) is 0 Å². The van der Waals surface area contributed by atoms with Crippen molar-refractivity contribution in [1.29, 1.82) is 0 Å². The molecule has 6 heteroatoms. The highest BCUT2D eigenvalue weighted by Crippen LogP contribution is 2.20. The minimum Gasteiger partial charge on any atom is -0.480 e. The average Bonchev–Trinajstić information content (AvgIpc) is 3.17. The van der Waals surface area contributed by atoms with Crippen LogP contribution in [0.3, 0.4) is 0 Å². The number of carbonyl (C=O) groups excluding carboxylic acids is 1. The van der Waals surface area contributed by atoms with E-state index in [1.165, 1.54) is 0 Å². The summed E-state index contributed by atoms with van der Waals surface area (Å²) in [6.45, 7) is 0. The highest BCUT2D eigenvalue weighted by Gasteiger charge is 2.26. The van der Waals surface area contributed by atoms with Gasteiger partial charge in [0.1, 0.15) is 6.04 Å². The Morgan fingerprint density at radius 1 is 1.33 bits per heavy atom. The second-order valence-corrected chi connectivity index (χ2v) is 5.35. The lowest BCUT2D eigenvalue weighted by Gasteiger charge is -2.14. The molecule has 0 aliphatic heterocycles. The molecule has 0 bridgehead atoms. The maximum absolute atomic E-state index is 11.7. The fraction of sp³-hybridized carbons (Fsp3) is 0.333. The Kier molecular flexibility index (Phi) is 3.51. The van der Waals surface area contributed by atoms with E-state index in [-0.39, 0.29) is 12.5 Å². The van der Waals surface area contributed by atoms with Crippen molar-refractivity contribution in [3.63, 3.8) is 0 Å². The molecular weight excluding hydrogens is 270 g/mol. The Hall–Kier alpha value is -2.50. The van der Waals surface area contributed by atoms with Gasteiger partial charge < -0.3 is 20.7 Å². The van der Waals surface area contributed by atoms with Gasteiger partial charge in [0, 0.05) is 29.6 Å². The number of aliphatic carboxylic acids is 1. The SMILES string of the molecule is O=C(NC1CC1)NC(Cc1c[nH]c2ccccc12)C(=O)O. The van der Waals surface area contributed by atoms with Crippen LogP contribution in [0.2, 0.25) is 0 Å². The molecule has 0 saturated heterocycles. The summed E-state index contributed by atoms with van der Waals surface area (Å²) < 4.78 is 0. The molecule has 2 aromatic rings. The van der Waals surface area contributed by atoms with Crippen molar-refractivity contribution in [1.82, 2.24) is 15.6 Å². The van der Waals surface area contributed by atoms with Crippen molar-refractivity contribution >= 4 is 22.9 Å². The van der Waals surface area contributed by atoms with E-state index in [2.05, 4.69) is 15.6 Å². The Balaban J connectivity index is 1.72. The number of hydrogen-bond donors (Lipinski definition) is 4. The van der Waals surface area contributed by atoms with Crippen LogP contribution >= 0.6 is 0 Å². The molecular formula is C15H17N3O3. The lowest BCUT2D eigenvalue weighted by Crippen LogP contribution is -2.47. The van der Waals surface area contributed by atoms with E-state index in [0.29, 0.717) is 0 Å². The molecule has 1 unspecified atom stereocenters. The van der Waals surface area contributed by atoms with Crippen LogP contribution in [0.15, 0.2) is 30.5 Å². The van der Waals surface area contributed by atoms with Gasteiger partial charge in [-0.15, -0.1) is 0 Å². The van der Waals surface area contributed by atoms with Crippen molar-refractivity contribution in [2.75, 3.05) is 0 Å². The summed E-state index contributed by atoms with van der Waals surface area (Å²) in [7, 11) is 0. The predicted molar refractivity (Wildman–Crippen MR) is 78.1 cm³/mol. The maximum atomic E-state index is 11.7. The summed E-state index contributed by atoms with van der Waals surface area (Å²) in [5.74, 6) is -1.04. The first-order chi connectivity index (χ1) is 10.1. The topological polar surface area (TPSA) is 94.2 Å². The zero-order valence-electron chi connectivity index (χ0n) is 11.4. The third-order valence-electron chi connectivity index (χ3n) is 3.61. The lowest BCUT2D eigenvalue weighted by atomic mass is 10.1. The first-order valence-corrected chi connectivity index (χ1v) is 6.98. The number of hydrogen-bond acceptors (Lipinski definition) is 2. The van der Waals surface area contributed by atoms with E-state index in [9.17, 15) is 14.7 Å². The van der Waals surface area contributed by atoms with Gasteiger partial charge in [-0.25, -0.2) is 9.59 Å². The summed E-state index contributed by atoms with van der Waals surface area (Å²) in [4.78, 5) is 26.2. The molecule has 4 N–H and O–H groups in total. The van der Waals surface area contributed by atoms with Crippen LogP contribution in [0.5, 0.6) is 0 Å². The van der Waals surface area contributed by atoms with Crippen molar-refractivity contribution in [3.05, 3.63) is 36.0 Å². The molecule has 0 radical (unpaired) electrons. The van der Waals surface area contributed by atoms with Crippen molar-refractivity contribution in [3.8, 4) is 0 Å². The van der Waals surface area contributed by atoms with Crippen LogP contribution < -0.4 is 10.6 Å². The number of carboxylic acid groups (broad SMARTS) is 1. The highest BCUT2D eigenvalue weighted by atomic mass is 16.4. The Morgan fingerprint density at radius 3 is 2.81 bits per heavy atom. The number of aromatic nitrogens is 1. The number of rotatable bonds is 5. The third kappa shape index (κ3) is 3.16. The smallest absolute Gasteiger partial charge is 0.326 e. The molecule has 21 heavy (non-hydrogen) atoms. The van der Waals surface area contributed by atoms with Gasteiger partial charge in [-0.3, -0.25) is 0 Å². The summed E-state index contributed by atoms with van der Waals surface area (Å²) in [6, 6.07) is 6.54. The van der Waals surface area contributed by atoms with Crippen molar-refractivity contribution < 1.29 is 14.7 Å². The van der Waals surface area contributed by atoms with Gasteiger partial charge >= 0.3 is 12.0 Å². The number of H-pyrrole nitrogens is 1. The minimum absolute atomic E-state index is 0.201. The minimum atomic E-state index is -1.04. The van der Waals surface area contributed by atoms with E-state index in [0.717, 1.165) is 29.3 Å². The summed E-state index contributed by atoms with van der Waals surface area (Å²) in [5, 5.41) is 15.5. The van der Waals surface area contributed by atoms with E-state index < -0.39 is 18.0 Å². The molecule has 1 aromatic heterocycles. The van der Waals surface area contributed by atoms with Crippen LogP contribution in [0.25, 0.3) is 10.9 Å². The van der Waals surface area contributed by atoms with Gasteiger partial charge in [0.2, 0.25) is 0 Å². The molecule has 0 spiro atoms. The average molecular weight is 287 g/mol. The summed E-state index contributed by atoms with van der Waals surface area (Å²) in [6.07, 6.45) is 3.97. The number of nitrogens with one attached hydrogen (secondary N) is 3. The molecule has 1 saturated carbocycles. The van der Waals surface area contributed by atoms with Crippen LogP contribution in [-0.2, 0) is 11.2 Å². The first-order valence-electron chi connectivity index (χ1n) is 6.98. The number of carboxylic acids is 1. The molecule has 1 fully saturated rings. The summed E-state index contributed by atoms with van der Waals surface area (Å²) >= 11 is 0. The Morgan fingerprint density at radius 2 is 2.10 bits per heavy atom. The van der Waals surface area contributed by atoms with Gasteiger partial charge in [0.15, 0.2) is 0 Å². The second-order valence-electron chi connectivity index (χ2n) is 5.35. The lowest BCUT2D eigenvalue weighted by molar-refractivity contribution is -0.139. The van der Waals surface area contributed by atoms with Gasteiger partial charge in [-0.05, 0) is 24.5 Å². The van der Waals surface area contributed by atoms with Crippen LogP contribution in [0.4, 0.5) is 4.79 Å². The molecule has 6 nitrogen and oxygen atoms in total. The van der Waals surface area contributed by atoms with Crippen LogP contribution in [0.1, 0.15) is 18.4 Å². The number of aromatic amines is 1. The molecule has 1 aromatic carbocycles. The molecule has 1 heterocycles. The third-order valence-corrected chi connectivity index (χ3v) is 3.61. The maximum Gasteiger partial charge on any atom is 0.326 e. The van der Waals surface area contributed by atoms with Crippen molar-refractivity contribution in [2.24, 2.45) is 0 Å². The summed E-state index contributed by atoms with van der Waals surface area (Å²) in [5.41, 5.74) is 1.84. The molecule has 110 valence electrons. The van der Waals surface area contributed by atoms with Crippen molar-refractivity contribution in [2.45, 2.75) is 31.3 Å². The van der Waals surface area contributed by atoms with E-state index in [1.807, 2.05) is 24.3 Å². The second kappa shape index (κ2) is 5.47. The number of benzene rings is 1. The molecule has 1 aliphatic carbocycles. The zero-order chi connectivity index (χ0) is 14.8. The molecule has 2 amide bonds. The first kappa shape index (κ1) is 13.5. The number of amides is 2. The highest BCUT2D eigenvalue weighted by molar-refractivity contribution is 5.86. The van der Waals surface area contributed by atoms with Gasteiger partial charge in [-0.1, -0.05) is 18.2 Å². The standard InChI is InChI=1S/C15H17N3O3/c19-14(20)13(18-15(21)17-10-5-6-10)7-9-8-16-12-4-2-1-3-11(9)12/h1-4,8,10,13,16H,5-7H2,(H,19,20)(H2,17,18,21). The van der Waals surface area contributed by atoms with Crippen LogP contribution in [-0.4, -0.2) is 34.2 Å². The molecule has 1 atom stereocenters. The zero-order valence-corrected chi connectivity index (χ0v) is 11.4. The van der Waals surface area contributed by atoms with E-state index in [1.54, 1.807) is 6.20 Å². The quantitative estimate of drug-likeness (QED) is 0.673. The van der Waals surface area contributed by atoms with E-state index in [4.69, 9.17) is 0 Å². The van der Waals surface area contributed by atoms with Gasteiger partial charge in [0.05, 0.1) is 0 Å². The molecule has 1 aliphatic rings. The monoisotopic (exact) mass is 287 g/mol. The van der Waals surface area contributed by atoms with Gasteiger partial charge in [-0.2, -0.15) is 0 Å². The number of carbonyl (C=O) groups is 2. The number of fused-ring (bicyclic) bond motifs is 1. The van der Waals surface area contributed by atoms with E-state index >= 15 is 0 Å². The number of urea groups is 1. The Bertz CT molecular complexity index is 676. The predicted octanol–water partition coefficient (Wildman–Crippen LogP) is 1.63. The van der Waals surface area contributed by atoms with Gasteiger partial charge in [0.25, 0.3) is 0 Å². The fourth-order valence-electron chi connectivity index (χ4n) is 2.33. The molecule has 3 rings (SSSR count). The fourth-order valence-corrected chi connectivity index (χ4v) is 2.33. The Labute approximate surface area is 121 Å². The number of para-hydroxylation sites is 1.